The summed E-state index contributed by atoms with van der Waals surface area (Å²) in [6.45, 7) is 3.50. The maximum atomic E-state index is 13.0. The Labute approximate surface area is 80.4 Å². The molecule has 0 saturated heterocycles. The minimum Gasteiger partial charge on any atom is -0.207 e. The topological polar surface area (TPSA) is 43.6 Å². The van der Waals surface area contributed by atoms with Crippen LogP contribution in [0.3, 0.4) is 0 Å². The molecular weight excluding hydrogens is 183 g/mol. The van der Waals surface area contributed by atoms with Gasteiger partial charge in [0.25, 0.3) is 0 Å². The van der Waals surface area contributed by atoms with Gasteiger partial charge in [0, 0.05) is 0 Å². The first-order valence-corrected chi connectivity index (χ1v) is 4.20. The van der Waals surface area contributed by atoms with Crippen LogP contribution in [0.5, 0.6) is 0 Å². The summed E-state index contributed by atoms with van der Waals surface area (Å²) < 4.78 is 14.5. The predicted octanol–water partition coefficient (Wildman–Crippen LogP) is 1.42. The van der Waals surface area contributed by atoms with Crippen molar-refractivity contribution in [2.45, 2.75) is 13.8 Å². The minimum atomic E-state index is -0.223. The van der Waals surface area contributed by atoms with Gasteiger partial charge in [-0.1, -0.05) is 0 Å². The van der Waals surface area contributed by atoms with E-state index in [0.29, 0.717) is 11.4 Å². The molecule has 0 N–H and O–H groups in total. The second-order valence-corrected chi connectivity index (χ2v) is 3.07. The van der Waals surface area contributed by atoms with Crippen molar-refractivity contribution in [3.05, 3.63) is 35.4 Å². The van der Waals surface area contributed by atoms with E-state index in [1.165, 1.54) is 6.07 Å². The molecule has 0 aliphatic heterocycles. The molecule has 0 unspecified atom stereocenters. The number of nitrogens with zero attached hydrogens (tertiary/aromatic N) is 4. The normalized spacial score (nSPS) is 10.5. The third kappa shape index (κ3) is 1.37. The van der Waals surface area contributed by atoms with Gasteiger partial charge >= 0.3 is 0 Å². The van der Waals surface area contributed by atoms with E-state index < -0.39 is 0 Å². The Morgan fingerprint density at radius 3 is 2.64 bits per heavy atom. The molecule has 0 radical (unpaired) electrons. The average molecular weight is 192 g/mol. The summed E-state index contributed by atoms with van der Waals surface area (Å²) >= 11 is 0. The molecule has 0 aliphatic carbocycles. The molecule has 5 heteroatoms. The lowest BCUT2D eigenvalue weighted by molar-refractivity contribution is 0.617. The molecule has 0 aliphatic rings. The average Bonchev–Trinajstić information content (AvgIpc) is 2.57. The van der Waals surface area contributed by atoms with Crippen LogP contribution in [0.1, 0.15) is 11.4 Å². The lowest BCUT2D eigenvalue weighted by Crippen LogP contribution is -2.00. The fraction of sp³-hybridized carbons (Fsp3) is 0.222. The standard InChI is InChI=1S/C9H9FN4/c1-6-5-8(3-4-9(6)10)14-7(2)11-12-13-14/h3-5H,1-2H3. The van der Waals surface area contributed by atoms with Gasteiger partial charge in [0.05, 0.1) is 5.69 Å². The monoisotopic (exact) mass is 192 g/mol. The molecule has 0 spiro atoms. The van der Waals surface area contributed by atoms with E-state index in [9.17, 15) is 4.39 Å². The quantitative estimate of drug-likeness (QED) is 0.686. The maximum Gasteiger partial charge on any atom is 0.153 e. The highest BCUT2D eigenvalue weighted by molar-refractivity contribution is 5.35. The molecule has 4 nitrogen and oxygen atoms in total. The van der Waals surface area contributed by atoms with E-state index in [0.717, 1.165) is 5.69 Å². The second kappa shape index (κ2) is 3.17. The van der Waals surface area contributed by atoms with E-state index in [1.807, 2.05) is 0 Å². The van der Waals surface area contributed by atoms with Crippen LogP contribution >= 0.6 is 0 Å². The Kier molecular flexibility index (Phi) is 1.99. The Morgan fingerprint density at radius 1 is 1.29 bits per heavy atom. The van der Waals surface area contributed by atoms with Gasteiger partial charge in [-0.05, 0) is 48.0 Å². The SMILES string of the molecule is Cc1cc(-n2nnnc2C)ccc1F. The van der Waals surface area contributed by atoms with E-state index in [2.05, 4.69) is 15.5 Å². The Morgan fingerprint density at radius 2 is 2.07 bits per heavy atom. The van der Waals surface area contributed by atoms with Crippen molar-refractivity contribution in [2.75, 3.05) is 0 Å². The molecule has 2 rings (SSSR count). The van der Waals surface area contributed by atoms with Gasteiger partial charge in [-0.25, -0.2) is 4.39 Å². The van der Waals surface area contributed by atoms with Crippen LogP contribution in [0.2, 0.25) is 0 Å². The number of aryl methyl sites for hydroxylation is 2. The van der Waals surface area contributed by atoms with Crippen LogP contribution in [0.15, 0.2) is 18.2 Å². The molecule has 0 atom stereocenters. The van der Waals surface area contributed by atoms with Gasteiger partial charge < -0.3 is 0 Å². The number of tetrazole rings is 1. The Balaban J connectivity index is 2.53. The number of rotatable bonds is 1. The summed E-state index contributed by atoms with van der Waals surface area (Å²) in [6.07, 6.45) is 0. The van der Waals surface area contributed by atoms with Crippen molar-refractivity contribution >= 4 is 0 Å². The van der Waals surface area contributed by atoms with Crippen molar-refractivity contribution in [2.24, 2.45) is 0 Å². The minimum absolute atomic E-state index is 0.223. The molecule has 14 heavy (non-hydrogen) atoms. The van der Waals surface area contributed by atoms with E-state index in [1.54, 1.807) is 30.7 Å². The van der Waals surface area contributed by atoms with Crippen LogP contribution in [0.25, 0.3) is 5.69 Å². The summed E-state index contributed by atoms with van der Waals surface area (Å²) in [5.74, 6) is 0.454. The van der Waals surface area contributed by atoms with Gasteiger partial charge in [-0.15, -0.1) is 5.10 Å². The zero-order chi connectivity index (χ0) is 10.1. The van der Waals surface area contributed by atoms with Gasteiger partial charge in [0.1, 0.15) is 5.82 Å². The number of halogens is 1. The molecule has 0 fully saturated rings. The smallest absolute Gasteiger partial charge is 0.153 e. The first kappa shape index (κ1) is 8.80. The van der Waals surface area contributed by atoms with Crippen molar-refractivity contribution in [3.63, 3.8) is 0 Å². The number of aromatic nitrogens is 4. The fourth-order valence-electron chi connectivity index (χ4n) is 1.23. The van der Waals surface area contributed by atoms with Crippen LogP contribution in [0.4, 0.5) is 4.39 Å². The van der Waals surface area contributed by atoms with Crippen molar-refractivity contribution in [1.82, 2.24) is 20.2 Å². The Bertz CT molecular complexity index is 464. The van der Waals surface area contributed by atoms with Crippen LogP contribution < -0.4 is 0 Å². The molecule has 1 aromatic heterocycles. The summed E-state index contributed by atoms with van der Waals surface area (Å²) in [6, 6.07) is 4.76. The molecule has 0 amide bonds. The van der Waals surface area contributed by atoms with Crippen molar-refractivity contribution in [3.8, 4) is 5.69 Å². The highest BCUT2D eigenvalue weighted by Crippen LogP contribution is 2.12. The largest absolute Gasteiger partial charge is 0.207 e. The van der Waals surface area contributed by atoms with Crippen LogP contribution in [0, 0.1) is 19.7 Å². The van der Waals surface area contributed by atoms with E-state index in [4.69, 9.17) is 0 Å². The summed E-state index contributed by atoms with van der Waals surface area (Å²) in [7, 11) is 0. The Hall–Kier alpha value is -1.78. The van der Waals surface area contributed by atoms with E-state index in [-0.39, 0.29) is 5.82 Å². The van der Waals surface area contributed by atoms with Gasteiger partial charge in [-0.3, -0.25) is 0 Å². The molecule has 72 valence electrons. The molecule has 2 aromatic rings. The van der Waals surface area contributed by atoms with Crippen molar-refractivity contribution < 1.29 is 4.39 Å². The lowest BCUT2D eigenvalue weighted by Gasteiger charge is -2.02. The number of hydrogen-bond donors (Lipinski definition) is 0. The second-order valence-electron chi connectivity index (χ2n) is 3.07. The maximum absolute atomic E-state index is 13.0. The lowest BCUT2D eigenvalue weighted by atomic mass is 10.2. The highest BCUT2D eigenvalue weighted by atomic mass is 19.1. The highest BCUT2D eigenvalue weighted by Gasteiger charge is 2.05. The zero-order valence-corrected chi connectivity index (χ0v) is 7.90. The van der Waals surface area contributed by atoms with E-state index >= 15 is 0 Å². The summed E-state index contributed by atoms with van der Waals surface area (Å²) in [5.41, 5.74) is 1.35. The van der Waals surface area contributed by atoms with Gasteiger partial charge in [-0.2, -0.15) is 4.68 Å². The number of hydrogen-bond acceptors (Lipinski definition) is 3. The third-order valence-corrected chi connectivity index (χ3v) is 2.01. The van der Waals surface area contributed by atoms with Crippen LogP contribution in [-0.2, 0) is 0 Å². The first-order chi connectivity index (χ1) is 6.68. The fourth-order valence-corrected chi connectivity index (χ4v) is 1.23. The predicted molar refractivity (Wildman–Crippen MR) is 48.6 cm³/mol. The molecule has 1 aromatic carbocycles. The zero-order valence-electron chi connectivity index (χ0n) is 7.90. The van der Waals surface area contributed by atoms with Crippen molar-refractivity contribution in [1.29, 1.82) is 0 Å². The number of benzene rings is 1. The van der Waals surface area contributed by atoms with Crippen LogP contribution in [-0.4, -0.2) is 20.2 Å². The summed E-state index contributed by atoms with van der Waals surface area (Å²) in [5, 5.41) is 11.1. The first-order valence-electron chi connectivity index (χ1n) is 4.20. The molecule has 0 bridgehead atoms. The molecule has 0 saturated carbocycles. The summed E-state index contributed by atoms with van der Waals surface area (Å²) in [4.78, 5) is 0. The third-order valence-electron chi connectivity index (χ3n) is 2.01. The molecular formula is C9H9FN4. The molecule has 1 heterocycles. The van der Waals surface area contributed by atoms with Gasteiger partial charge in [0.15, 0.2) is 5.82 Å². The van der Waals surface area contributed by atoms with Gasteiger partial charge in [0.2, 0.25) is 0 Å².